The zero-order valence-electron chi connectivity index (χ0n) is 9.91. The molecule has 1 N–H and O–H groups in total. The second-order valence-electron chi connectivity index (χ2n) is 3.57. The van der Waals surface area contributed by atoms with Gasteiger partial charge in [-0.1, -0.05) is 17.3 Å². The fourth-order valence-electron chi connectivity index (χ4n) is 1.52. The zero-order valence-corrected chi connectivity index (χ0v) is 9.91. The van der Waals surface area contributed by atoms with E-state index in [0.717, 1.165) is 5.56 Å². The number of para-hydroxylation sites is 2. The quantitative estimate of drug-likeness (QED) is 0.509. The minimum Gasteiger partial charge on any atom is -0.493 e. The van der Waals surface area contributed by atoms with E-state index < -0.39 is 0 Å². The Kier molecular flexibility index (Phi) is 3.81. The lowest BCUT2D eigenvalue weighted by Crippen LogP contribution is -1.90. The van der Waals surface area contributed by atoms with Crippen LogP contribution < -0.4 is 9.47 Å². The minimum absolute atomic E-state index is 0.656. The van der Waals surface area contributed by atoms with Crippen molar-refractivity contribution in [3.8, 4) is 17.2 Å². The molecule has 4 nitrogen and oxygen atoms in total. The Labute approximate surface area is 105 Å². The van der Waals surface area contributed by atoms with Crippen molar-refractivity contribution < 1.29 is 14.7 Å². The highest BCUT2D eigenvalue weighted by atomic mass is 16.5. The van der Waals surface area contributed by atoms with Crippen molar-refractivity contribution in [2.45, 2.75) is 0 Å². The van der Waals surface area contributed by atoms with Gasteiger partial charge in [0.2, 0.25) is 0 Å². The van der Waals surface area contributed by atoms with Gasteiger partial charge in [-0.3, -0.25) is 0 Å². The summed E-state index contributed by atoms with van der Waals surface area (Å²) in [5, 5.41) is 11.4. The lowest BCUT2D eigenvalue weighted by molar-refractivity contribution is 0.322. The van der Waals surface area contributed by atoms with Gasteiger partial charge in [-0.15, -0.1) is 0 Å². The molecule has 0 spiro atoms. The van der Waals surface area contributed by atoms with Crippen LogP contribution in [-0.4, -0.2) is 18.5 Å². The molecule has 4 heteroatoms. The number of hydrogen-bond acceptors (Lipinski definition) is 4. The van der Waals surface area contributed by atoms with Crippen molar-refractivity contribution in [1.82, 2.24) is 0 Å². The first-order chi connectivity index (χ1) is 8.83. The topological polar surface area (TPSA) is 51.0 Å². The first-order valence-corrected chi connectivity index (χ1v) is 5.42. The fourth-order valence-corrected chi connectivity index (χ4v) is 1.52. The van der Waals surface area contributed by atoms with E-state index in [9.17, 15) is 0 Å². The summed E-state index contributed by atoms with van der Waals surface area (Å²) in [6.45, 7) is 0. The molecule has 0 aliphatic rings. The number of nitrogens with zero attached hydrogens (tertiary/aromatic N) is 1. The molecule has 0 aromatic heterocycles. The molecule has 2 rings (SSSR count). The van der Waals surface area contributed by atoms with Gasteiger partial charge in [-0.25, -0.2) is 0 Å². The van der Waals surface area contributed by atoms with Crippen LogP contribution in [0.3, 0.4) is 0 Å². The van der Waals surface area contributed by atoms with Gasteiger partial charge in [0.05, 0.1) is 13.3 Å². The normalized spacial score (nSPS) is 10.5. The third-order valence-corrected chi connectivity index (χ3v) is 2.38. The molecule has 2 aromatic rings. The first kappa shape index (κ1) is 12.0. The highest BCUT2D eigenvalue weighted by molar-refractivity contribution is 5.79. The molecular weight excluding hydrogens is 230 g/mol. The monoisotopic (exact) mass is 243 g/mol. The lowest BCUT2D eigenvalue weighted by Gasteiger charge is -2.09. The van der Waals surface area contributed by atoms with Gasteiger partial charge in [0.15, 0.2) is 11.5 Å². The van der Waals surface area contributed by atoms with Gasteiger partial charge in [0.1, 0.15) is 5.75 Å². The third kappa shape index (κ3) is 2.79. The van der Waals surface area contributed by atoms with Crippen LogP contribution in [0.4, 0.5) is 0 Å². The second kappa shape index (κ2) is 5.72. The zero-order chi connectivity index (χ0) is 12.8. The van der Waals surface area contributed by atoms with Crippen LogP contribution >= 0.6 is 0 Å². The molecular formula is C14H13NO3. The van der Waals surface area contributed by atoms with E-state index in [1.165, 1.54) is 6.21 Å². The summed E-state index contributed by atoms with van der Waals surface area (Å²) in [6, 6.07) is 14.6. The van der Waals surface area contributed by atoms with Crippen molar-refractivity contribution in [3.05, 3.63) is 54.1 Å². The number of methoxy groups -OCH3 is 1. The number of rotatable bonds is 4. The number of benzene rings is 2. The predicted octanol–water partition coefficient (Wildman–Crippen LogP) is 3.30. The minimum atomic E-state index is 0.656. The summed E-state index contributed by atoms with van der Waals surface area (Å²) < 4.78 is 10.9. The first-order valence-electron chi connectivity index (χ1n) is 5.42. The summed E-state index contributed by atoms with van der Waals surface area (Å²) in [7, 11) is 1.60. The SMILES string of the molecule is COc1ccccc1Oc1ccc(/C=N/O)cc1. The average Bonchev–Trinajstić information content (AvgIpc) is 2.42. The Balaban J connectivity index is 2.18. The van der Waals surface area contributed by atoms with E-state index in [0.29, 0.717) is 17.2 Å². The largest absolute Gasteiger partial charge is 0.493 e. The van der Waals surface area contributed by atoms with Gasteiger partial charge in [0.25, 0.3) is 0 Å². The van der Waals surface area contributed by atoms with E-state index in [1.54, 1.807) is 31.4 Å². The number of hydrogen-bond donors (Lipinski definition) is 1. The van der Waals surface area contributed by atoms with Crippen molar-refractivity contribution in [2.75, 3.05) is 7.11 Å². The summed E-state index contributed by atoms with van der Waals surface area (Å²) in [4.78, 5) is 0. The Morgan fingerprint density at radius 2 is 1.67 bits per heavy atom. The Morgan fingerprint density at radius 3 is 2.28 bits per heavy atom. The van der Waals surface area contributed by atoms with E-state index >= 15 is 0 Å². The average molecular weight is 243 g/mol. The number of ether oxygens (including phenoxy) is 2. The van der Waals surface area contributed by atoms with Crippen LogP contribution in [0.1, 0.15) is 5.56 Å². The van der Waals surface area contributed by atoms with Crippen molar-refractivity contribution in [1.29, 1.82) is 0 Å². The van der Waals surface area contributed by atoms with E-state index in [2.05, 4.69) is 5.16 Å². The summed E-state index contributed by atoms with van der Waals surface area (Å²) >= 11 is 0. The smallest absolute Gasteiger partial charge is 0.169 e. The van der Waals surface area contributed by atoms with Crippen LogP contribution in [0, 0.1) is 0 Å². The van der Waals surface area contributed by atoms with Gasteiger partial charge >= 0.3 is 0 Å². The molecule has 0 atom stereocenters. The Morgan fingerprint density at radius 1 is 1.00 bits per heavy atom. The van der Waals surface area contributed by atoms with Crippen LogP contribution in [0.5, 0.6) is 17.2 Å². The Hall–Kier alpha value is -2.49. The van der Waals surface area contributed by atoms with Crippen LogP contribution in [0.2, 0.25) is 0 Å². The van der Waals surface area contributed by atoms with E-state index in [-0.39, 0.29) is 0 Å². The van der Waals surface area contributed by atoms with Crippen LogP contribution in [-0.2, 0) is 0 Å². The van der Waals surface area contributed by atoms with Crippen LogP contribution in [0.15, 0.2) is 53.7 Å². The highest BCUT2D eigenvalue weighted by Crippen LogP contribution is 2.30. The highest BCUT2D eigenvalue weighted by Gasteiger charge is 2.03. The van der Waals surface area contributed by atoms with Crippen LogP contribution in [0.25, 0.3) is 0 Å². The second-order valence-corrected chi connectivity index (χ2v) is 3.57. The van der Waals surface area contributed by atoms with Gasteiger partial charge in [0, 0.05) is 0 Å². The molecule has 18 heavy (non-hydrogen) atoms. The molecule has 0 saturated heterocycles. The van der Waals surface area contributed by atoms with Gasteiger partial charge in [-0.05, 0) is 42.0 Å². The fraction of sp³-hybridized carbons (Fsp3) is 0.0714. The lowest BCUT2D eigenvalue weighted by atomic mass is 10.2. The summed E-state index contributed by atoms with van der Waals surface area (Å²) in [6.07, 6.45) is 1.35. The molecule has 0 aliphatic carbocycles. The van der Waals surface area contributed by atoms with E-state index in [1.807, 2.05) is 24.3 Å². The standard InChI is InChI=1S/C14H13NO3/c1-17-13-4-2-3-5-14(13)18-12-8-6-11(7-9-12)10-15-16/h2-10,16H,1H3/b15-10+. The maximum atomic E-state index is 8.41. The molecule has 0 radical (unpaired) electrons. The molecule has 0 unspecified atom stereocenters. The maximum absolute atomic E-state index is 8.41. The summed E-state index contributed by atoms with van der Waals surface area (Å²) in [5.41, 5.74) is 0.796. The van der Waals surface area contributed by atoms with Crippen molar-refractivity contribution in [2.24, 2.45) is 5.16 Å². The molecule has 0 amide bonds. The molecule has 0 aliphatic heterocycles. The maximum Gasteiger partial charge on any atom is 0.169 e. The van der Waals surface area contributed by atoms with Gasteiger partial charge < -0.3 is 14.7 Å². The molecule has 0 bridgehead atoms. The van der Waals surface area contributed by atoms with Gasteiger partial charge in [-0.2, -0.15) is 0 Å². The van der Waals surface area contributed by atoms with Crippen molar-refractivity contribution in [3.63, 3.8) is 0 Å². The van der Waals surface area contributed by atoms with E-state index in [4.69, 9.17) is 14.7 Å². The molecule has 0 fully saturated rings. The molecule has 92 valence electrons. The van der Waals surface area contributed by atoms with Crippen molar-refractivity contribution >= 4 is 6.21 Å². The number of oxime groups is 1. The summed E-state index contributed by atoms with van der Waals surface area (Å²) in [5.74, 6) is 2.02. The Bertz CT molecular complexity index is 535. The third-order valence-electron chi connectivity index (χ3n) is 2.38. The molecule has 2 aromatic carbocycles. The molecule has 0 heterocycles. The predicted molar refractivity (Wildman–Crippen MR) is 68.9 cm³/mol. The molecule has 0 saturated carbocycles.